The fraction of sp³-hybridized carbons (Fsp3) is 0.583. The molecule has 0 radical (unpaired) electrons. The van der Waals surface area contributed by atoms with Crippen molar-refractivity contribution in [2.75, 3.05) is 13.1 Å². The van der Waals surface area contributed by atoms with E-state index in [2.05, 4.69) is 30.6 Å². The van der Waals surface area contributed by atoms with Gasteiger partial charge in [0.15, 0.2) is 0 Å². The normalized spacial score (nSPS) is 15.3. The van der Waals surface area contributed by atoms with E-state index in [1.807, 2.05) is 4.90 Å². The molecule has 0 fully saturated rings. The summed E-state index contributed by atoms with van der Waals surface area (Å²) in [6, 6.07) is 2.50. The Morgan fingerprint density at radius 3 is 3.19 bits per heavy atom. The lowest BCUT2D eigenvalue weighted by Gasteiger charge is -2.27. The second-order valence-electron chi connectivity index (χ2n) is 4.47. The van der Waals surface area contributed by atoms with E-state index < -0.39 is 0 Å². The molecule has 0 bridgehead atoms. The first-order valence-electron chi connectivity index (χ1n) is 5.73. The molecule has 0 saturated heterocycles. The van der Waals surface area contributed by atoms with Crippen LogP contribution in [0.2, 0.25) is 0 Å². The van der Waals surface area contributed by atoms with Gasteiger partial charge in [-0.3, -0.25) is 4.79 Å². The summed E-state index contributed by atoms with van der Waals surface area (Å²) in [5, 5.41) is 5.29. The summed E-state index contributed by atoms with van der Waals surface area (Å²) in [5.41, 5.74) is 1.33. The zero-order valence-corrected chi connectivity index (χ0v) is 10.6. The van der Waals surface area contributed by atoms with Gasteiger partial charge in [-0.05, 0) is 23.4 Å². The zero-order chi connectivity index (χ0) is 11.5. The van der Waals surface area contributed by atoms with E-state index in [0.717, 1.165) is 19.5 Å². The number of nitrogens with one attached hydrogen (secondary N) is 1. The minimum absolute atomic E-state index is 0.213. The molecule has 1 amide bonds. The molecule has 2 heterocycles. The highest BCUT2D eigenvalue weighted by Crippen LogP contribution is 2.23. The van der Waals surface area contributed by atoms with E-state index in [9.17, 15) is 4.79 Å². The van der Waals surface area contributed by atoms with Crippen LogP contribution in [0.15, 0.2) is 11.4 Å². The summed E-state index contributed by atoms with van der Waals surface area (Å²) in [4.78, 5) is 15.3. The molecule has 1 N–H and O–H groups in total. The number of fused-ring (bicyclic) bond motifs is 1. The van der Waals surface area contributed by atoms with Gasteiger partial charge in [0.1, 0.15) is 0 Å². The molecular weight excluding hydrogens is 220 g/mol. The third-order valence-electron chi connectivity index (χ3n) is 2.82. The van der Waals surface area contributed by atoms with Crippen LogP contribution in [0, 0.1) is 0 Å². The first kappa shape index (κ1) is 11.6. The Labute approximate surface area is 100 Å². The van der Waals surface area contributed by atoms with Crippen molar-refractivity contribution in [2.24, 2.45) is 0 Å². The Morgan fingerprint density at radius 2 is 2.44 bits per heavy atom. The lowest BCUT2D eigenvalue weighted by molar-refractivity contribution is -0.131. The SMILES string of the molecule is CC(C)NCC(=O)N1CCc2sccc2C1. The molecule has 1 aliphatic rings. The number of nitrogens with zero attached hydrogens (tertiary/aromatic N) is 1. The van der Waals surface area contributed by atoms with Crippen LogP contribution in [0.4, 0.5) is 0 Å². The maximum atomic E-state index is 11.9. The molecule has 1 aromatic heterocycles. The minimum Gasteiger partial charge on any atom is -0.337 e. The highest BCUT2D eigenvalue weighted by atomic mass is 32.1. The molecule has 0 unspecified atom stereocenters. The smallest absolute Gasteiger partial charge is 0.236 e. The van der Waals surface area contributed by atoms with Gasteiger partial charge in [-0.25, -0.2) is 0 Å². The molecule has 3 nitrogen and oxygen atoms in total. The van der Waals surface area contributed by atoms with Gasteiger partial charge in [-0.1, -0.05) is 13.8 Å². The van der Waals surface area contributed by atoms with E-state index >= 15 is 0 Å². The van der Waals surface area contributed by atoms with Gasteiger partial charge in [0.25, 0.3) is 0 Å². The summed E-state index contributed by atoms with van der Waals surface area (Å²) in [6.45, 7) is 6.22. The highest BCUT2D eigenvalue weighted by Gasteiger charge is 2.20. The topological polar surface area (TPSA) is 32.3 Å². The maximum Gasteiger partial charge on any atom is 0.236 e. The van der Waals surface area contributed by atoms with Gasteiger partial charge in [0, 0.05) is 24.0 Å². The van der Waals surface area contributed by atoms with Crippen molar-refractivity contribution in [1.82, 2.24) is 10.2 Å². The van der Waals surface area contributed by atoms with Crippen LogP contribution in [0.5, 0.6) is 0 Å². The molecule has 2 rings (SSSR count). The second-order valence-corrected chi connectivity index (χ2v) is 5.47. The first-order valence-corrected chi connectivity index (χ1v) is 6.61. The maximum absolute atomic E-state index is 11.9. The summed E-state index contributed by atoms with van der Waals surface area (Å²) in [6.07, 6.45) is 1.01. The van der Waals surface area contributed by atoms with E-state index in [1.165, 1.54) is 10.4 Å². The van der Waals surface area contributed by atoms with Crippen LogP contribution in [0.3, 0.4) is 0 Å². The van der Waals surface area contributed by atoms with Crippen LogP contribution in [-0.2, 0) is 17.8 Å². The molecule has 1 aliphatic heterocycles. The molecule has 4 heteroatoms. The van der Waals surface area contributed by atoms with Crippen molar-refractivity contribution in [3.05, 3.63) is 21.9 Å². The zero-order valence-electron chi connectivity index (χ0n) is 9.82. The molecule has 0 saturated carbocycles. The molecule has 0 aromatic carbocycles. The predicted octanol–water partition coefficient (Wildman–Crippen LogP) is 1.63. The Bertz CT molecular complexity index is 373. The highest BCUT2D eigenvalue weighted by molar-refractivity contribution is 7.10. The fourth-order valence-electron chi connectivity index (χ4n) is 1.86. The summed E-state index contributed by atoms with van der Waals surface area (Å²) < 4.78 is 0. The Kier molecular flexibility index (Phi) is 3.61. The fourth-order valence-corrected chi connectivity index (χ4v) is 2.75. The van der Waals surface area contributed by atoms with Crippen molar-refractivity contribution in [2.45, 2.75) is 32.9 Å². The minimum atomic E-state index is 0.213. The van der Waals surface area contributed by atoms with Crippen molar-refractivity contribution in [3.8, 4) is 0 Å². The first-order chi connectivity index (χ1) is 7.66. The summed E-state index contributed by atoms with van der Waals surface area (Å²) in [7, 11) is 0. The molecule has 16 heavy (non-hydrogen) atoms. The van der Waals surface area contributed by atoms with Gasteiger partial charge in [0.2, 0.25) is 5.91 Å². The van der Waals surface area contributed by atoms with Crippen LogP contribution in [0.25, 0.3) is 0 Å². The number of carbonyl (C=O) groups excluding carboxylic acids is 1. The quantitative estimate of drug-likeness (QED) is 0.868. The monoisotopic (exact) mass is 238 g/mol. The van der Waals surface area contributed by atoms with Crippen LogP contribution in [-0.4, -0.2) is 29.9 Å². The van der Waals surface area contributed by atoms with Crippen LogP contribution in [0.1, 0.15) is 24.3 Å². The van der Waals surface area contributed by atoms with Gasteiger partial charge in [-0.15, -0.1) is 11.3 Å². The average Bonchev–Trinajstić information content (AvgIpc) is 2.72. The molecule has 0 atom stereocenters. The standard InChI is InChI=1S/C12H18N2OS/c1-9(2)13-7-12(15)14-5-3-11-10(8-14)4-6-16-11/h4,6,9,13H,3,5,7-8H2,1-2H3. The molecule has 0 spiro atoms. The predicted molar refractivity (Wildman–Crippen MR) is 66.6 cm³/mol. The summed E-state index contributed by atoms with van der Waals surface area (Å²) in [5.74, 6) is 0.213. The number of hydrogen-bond acceptors (Lipinski definition) is 3. The average molecular weight is 238 g/mol. The molecule has 0 aliphatic carbocycles. The second kappa shape index (κ2) is 4.97. The Morgan fingerprint density at radius 1 is 1.62 bits per heavy atom. The Hall–Kier alpha value is -0.870. The van der Waals surface area contributed by atoms with Gasteiger partial charge in [0.05, 0.1) is 6.54 Å². The third kappa shape index (κ3) is 2.62. The van der Waals surface area contributed by atoms with Gasteiger partial charge >= 0.3 is 0 Å². The van der Waals surface area contributed by atoms with E-state index in [1.54, 1.807) is 11.3 Å². The molecular formula is C12H18N2OS. The van der Waals surface area contributed by atoms with E-state index in [0.29, 0.717) is 12.6 Å². The van der Waals surface area contributed by atoms with Crippen molar-refractivity contribution in [1.29, 1.82) is 0 Å². The largest absolute Gasteiger partial charge is 0.337 e. The molecule has 88 valence electrons. The van der Waals surface area contributed by atoms with E-state index in [4.69, 9.17) is 0 Å². The van der Waals surface area contributed by atoms with Crippen LogP contribution < -0.4 is 5.32 Å². The van der Waals surface area contributed by atoms with Crippen molar-refractivity contribution < 1.29 is 4.79 Å². The van der Waals surface area contributed by atoms with E-state index in [-0.39, 0.29) is 5.91 Å². The number of rotatable bonds is 3. The lowest BCUT2D eigenvalue weighted by Crippen LogP contribution is -2.42. The van der Waals surface area contributed by atoms with Crippen LogP contribution >= 0.6 is 11.3 Å². The Balaban J connectivity index is 1.90. The number of thiophene rings is 1. The summed E-state index contributed by atoms with van der Waals surface area (Å²) >= 11 is 1.80. The number of carbonyl (C=O) groups is 1. The molecule has 1 aromatic rings. The number of amides is 1. The lowest BCUT2D eigenvalue weighted by atomic mass is 10.1. The van der Waals surface area contributed by atoms with Gasteiger partial charge in [-0.2, -0.15) is 0 Å². The van der Waals surface area contributed by atoms with Crippen molar-refractivity contribution >= 4 is 17.2 Å². The van der Waals surface area contributed by atoms with Gasteiger partial charge < -0.3 is 10.2 Å². The van der Waals surface area contributed by atoms with Crippen molar-refractivity contribution in [3.63, 3.8) is 0 Å². The number of hydrogen-bond donors (Lipinski definition) is 1. The third-order valence-corrected chi connectivity index (χ3v) is 3.84.